The lowest BCUT2D eigenvalue weighted by Crippen LogP contribution is -2.40. The van der Waals surface area contributed by atoms with Crippen molar-refractivity contribution in [3.05, 3.63) is 35.9 Å². The zero-order valence-corrected chi connectivity index (χ0v) is 11.6. The van der Waals surface area contributed by atoms with Crippen LogP contribution in [0.2, 0.25) is 0 Å². The van der Waals surface area contributed by atoms with Crippen molar-refractivity contribution in [2.24, 2.45) is 5.92 Å². The first-order valence-corrected chi connectivity index (χ1v) is 6.89. The fourth-order valence-electron chi connectivity index (χ4n) is 2.64. The SMILES string of the molecule is CC1CC(c2ccccc2)N(C(=O)NCCC(=O)O)C1. The average Bonchev–Trinajstić information content (AvgIpc) is 2.81. The molecule has 2 atom stereocenters. The van der Waals surface area contributed by atoms with Crippen molar-refractivity contribution in [3.8, 4) is 0 Å². The smallest absolute Gasteiger partial charge is 0.317 e. The van der Waals surface area contributed by atoms with Gasteiger partial charge in [-0.1, -0.05) is 37.3 Å². The molecule has 2 amide bonds. The lowest BCUT2D eigenvalue weighted by atomic mass is 10.0. The molecule has 5 heteroatoms. The quantitative estimate of drug-likeness (QED) is 0.886. The molecular weight excluding hydrogens is 256 g/mol. The summed E-state index contributed by atoms with van der Waals surface area (Å²) in [7, 11) is 0. The zero-order valence-electron chi connectivity index (χ0n) is 11.6. The number of carboxylic acids is 1. The minimum absolute atomic E-state index is 0.0505. The first-order chi connectivity index (χ1) is 9.58. The molecule has 1 aromatic rings. The van der Waals surface area contributed by atoms with Crippen LogP contribution >= 0.6 is 0 Å². The second kappa shape index (κ2) is 6.41. The molecule has 0 saturated carbocycles. The summed E-state index contributed by atoms with van der Waals surface area (Å²) in [5.74, 6) is -0.454. The second-order valence-electron chi connectivity index (χ2n) is 5.30. The van der Waals surface area contributed by atoms with Gasteiger partial charge < -0.3 is 15.3 Å². The van der Waals surface area contributed by atoms with Gasteiger partial charge in [-0.25, -0.2) is 4.79 Å². The number of rotatable bonds is 4. The topological polar surface area (TPSA) is 69.6 Å². The molecule has 0 aliphatic carbocycles. The number of hydrogen-bond acceptors (Lipinski definition) is 2. The number of aliphatic carboxylic acids is 1. The zero-order chi connectivity index (χ0) is 14.5. The van der Waals surface area contributed by atoms with Crippen LogP contribution in [0.5, 0.6) is 0 Å². The third kappa shape index (κ3) is 3.50. The van der Waals surface area contributed by atoms with Crippen molar-refractivity contribution in [2.45, 2.75) is 25.8 Å². The average molecular weight is 276 g/mol. The lowest BCUT2D eigenvalue weighted by Gasteiger charge is -2.25. The second-order valence-corrected chi connectivity index (χ2v) is 5.30. The number of likely N-dealkylation sites (tertiary alicyclic amines) is 1. The number of carboxylic acid groups (broad SMARTS) is 1. The van der Waals surface area contributed by atoms with E-state index in [4.69, 9.17) is 5.11 Å². The predicted molar refractivity (Wildman–Crippen MR) is 75.3 cm³/mol. The maximum Gasteiger partial charge on any atom is 0.317 e. The van der Waals surface area contributed by atoms with Gasteiger partial charge in [-0.05, 0) is 17.9 Å². The molecule has 0 radical (unpaired) electrons. The summed E-state index contributed by atoms with van der Waals surface area (Å²) in [6.45, 7) is 3.00. The van der Waals surface area contributed by atoms with E-state index in [9.17, 15) is 9.59 Å². The van der Waals surface area contributed by atoms with Gasteiger partial charge in [0, 0.05) is 13.1 Å². The van der Waals surface area contributed by atoms with Crippen LogP contribution in [0.1, 0.15) is 31.4 Å². The normalized spacial score (nSPS) is 21.8. The molecule has 0 bridgehead atoms. The minimum atomic E-state index is -0.903. The van der Waals surface area contributed by atoms with Crippen LogP contribution in [-0.4, -0.2) is 35.1 Å². The highest BCUT2D eigenvalue weighted by molar-refractivity contribution is 5.76. The number of urea groups is 1. The van der Waals surface area contributed by atoms with Gasteiger partial charge in [0.15, 0.2) is 0 Å². The van der Waals surface area contributed by atoms with E-state index in [1.165, 1.54) is 0 Å². The Kier molecular flexibility index (Phi) is 4.61. The van der Waals surface area contributed by atoms with Gasteiger partial charge in [-0.15, -0.1) is 0 Å². The van der Waals surface area contributed by atoms with Gasteiger partial charge in [0.2, 0.25) is 0 Å². The monoisotopic (exact) mass is 276 g/mol. The molecule has 2 N–H and O–H groups in total. The van der Waals surface area contributed by atoms with E-state index in [2.05, 4.69) is 12.2 Å². The summed E-state index contributed by atoms with van der Waals surface area (Å²) in [6, 6.07) is 9.86. The van der Waals surface area contributed by atoms with Gasteiger partial charge in [0.05, 0.1) is 12.5 Å². The number of carbonyl (C=O) groups excluding carboxylic acids is 1. The summed E-state index contributed by atoms with van der Waals surface area (Å²) >= 11 is 0. The standard InChI is InChI=1S/C15H20N2O3/c1-11-9-13(12-5-3-2-4-6-12)17(10-11)15(20)16-8-7-14(18)19/h2-6,11,13H,7-10H2,1H3,(H,16,20)(H,18,19). The summed E-state index contributed by atoms with van der Waals surface area (Å²) in [4.78, 5) is 24.5. The van der Waals surface area contributed by atoms with Crippen LogP contribution in [-0.2, 0) is 4.79 Å². The lowest BCUT2D eigenvalue weighted by molar-refractivity contribution is -0.136. The Balaban J connectivity index is 2.01. The van der Waals surface area contributed by atoms with E-state index < -0.39 is 5.97 Å². The Morgan fingerprint density at radius 1 is 1.35 bits per heavy atom. The highest BCUT2D eigenvalue weighted by Gasteiger charge is 2.33. The number of nitrogens with zero attached hydrogens (tertiary/aromatic N) is 1. The first-order valence-electron chi connectivity index (χ1n) is 6.89. The van der Waals surface area contributed by atoms with Crippen LogP contribution in [0.3, 0.4) is 0 Å². The minimum Gasteiger partial charge on any atom is -0.481 e. The fourth-order valence-corrected chi connectivity index (χ4v) is 2.64. The Morgan fingerprint density at radius 2 is 2.05 bits per heavy atom. The third-order valence-electron chi connectivity index (χ3n) is 3.57. The van der Waals surface area contributed by atoms with Crippen molar-refractivity contribution in [1.29, 1.82) is 0 Å². The molecule has 1 aromatic carbocycles. The van der Waals surface area contributed by atoms with Crippen LogP contribution in [0, 0.1) is 5.92 Å². The van der Waals surface area contributed by atoms with Crippen LogP contribution in [0.15, 0.2) is 30.3 Å². The molecule has 1 aliphatic heterocycles. The number of nitrogens with one attached hydrogen (secondary N) is 1. The van der Waals surface area contributed by atoms with Crippen molar-refractivity contribution in [2.75, 3.05) is 13.1 Å². The maximum atomic E-state index is 12.2. The Labute approximate surface area is 118 Å². The molecule has 108 valence electrons. The Hall–Kier alpha value is -2.04. The Bertz CT molecular complexity index is 475. The van der Waals surface area contributed by atoms with Gasteiger partial charge in [-0.3, -0.25) is 4.79 Å². The molecular formula is C15H20N2O3. The van der Waals surface area contributed by atoms with Crippen LogP contribution in [0.4, 0.5) is 4.79 Å². The van der Waals surface area contributed by atoms with Crippen LogP contribution in [0.25, 0.3) is 0 Å². The molecule has 2 unspecified atom stereocenters. The molecule has 1 saturated heterocycles. The summed E-state index contributed by atoms with van der Waals surface area (Å²) in [6.07, 6.45) is 0.890. The number of hydrogen-bond donors (Lipinski definition) is 2. The first kappa shape index (κ1) is 14.4. The molecule has 20 heavy (non-hydrogen) atoms. The molecule has 0 spiro atoms. The summed E-state index contributed by atoms with van der Waals surface area (Å²) in [5.41, 5.74) is 1.13. The highest BCUT2D eigenvalue weighted by atomic mass is 16.4. The van der Waals surface area contributed by atoms with Crippen molar-refractivity contribution in [3.63, 3.8) is 0 Å². The fraction of sp³-hybridized carbons (Fsp3) is 0.467. The number of benzene rings is 1. The Morgan fingerprint density at radius 3 is 2.70 bits per heavy atom. The highest BCUT2D eigenvalue weighted by Crippen LogP contribution is 2.34. The molecule has 2 rings (SSSR count). The third-order valence-corrected chi connectivity index (χ3v) is 3.57. The van der Waals surface area contributed by atoms with Gasteiger partial charge >= 0.3 is 12.0 Å². The van der Waals surface area contributed by atoms with E-state index >= 15 is 0 Å². The van der Waals surface area contributed by atoms with E-state index in [0.29, 0.717) is 12.5 Å². The van der Waals surface area contributed by atoms with Crippen LogP contribution < -0.4 is 5.32 Å². The van der Waals surface area contributed by atoms with E-state index in [1.807, 2.05) is 35.2 Å². The van der Waals surface area contributed by atoms with Crippen molar-refractivity contribution >= 4 is 12.0 Å². The van der Waals surface area contributed by atoms with Crippen molar-refractivity contribution < 1.29 is 14.7 Å². The van der Waals surface area contributed by atoms with Gasteiger partial charge in [0.25, 0.3) is 0 Å². The van der Waals surface area contributed by atoms with Gasteiger partial charge in [-0.2, -0.15) is 0 Å². The maximum absolute atomic E-state index is 12.2. The molecule has 1 aliphatic rings. The molecule has 0 aromatic heterocycles. The van der Waals surface area contributed by atoms with E-state index in [0.717, 1.165) is 12.0 Å². The summed E-state index contributed by atoms with van der Waals surface area (Å²) in [5, 5.41) is 11.3. The molecule has 1 fully saturated rings. The van der Waals surface area contributed by atoms with Crippen molar-refractivity contribution in [1.82, 2.24) is 10.2 Å². The predicted octanol–water partition coefficient (Wildman–Crippen LogP) is 2.25. The number of amides is 2. The number of carbonyl (C=O) groups is 2. The summed E-state index contributed by atoms with van der Waals surface area (Å²) < 4.78 is 0. The largest absolute Gasteiger partial charge is 0.481 e. The van der Waals surface area contributed by atoms with Gasteiger partial charge in [0.1, 0.15) is 0 Å². The molecule has 5 nitrogen and oxygen atoms in total. The van der Waals surface area contributed by atoms with E-state index in [1.54, 1.807) is 0 Å². The molecule has 1 heterocycles. The van der Waals surface area contributed by atoms with E-state index in [-0.39, 0.29) is 25.0 Å².